The molecular weight excluding hydrogens is 360 g/mol. The van der Waals surface area contributed by atoms with Gasteiger partial charge in [-0.25, -0.2) is 0 Å². The molecule has 2 N–H and O–H groups in total. The van der Waals surface area contributed by atoms with Gasteiger partial charge >= 0.3 is 0 Å². The number of amides is 2. The van der Waals surface area contributed by atoms with E-state index in [1.54, 1.807) is 0 Å². The summed E-state index contributed by atoms with van der Waals surface area (Å²) in [6.45, 7) is 3.97. The smallest absolute Gasteiger partial charge is 0.227 e. The summed E-state index contributed by atoms with van der Waals surface area (Å²) in [5, 5.41) is 6.72. The first-order valence-electron chi connectivity index (χ1n) is 9.27. The summed E-state index contributed by atoms with van der Waals surface area (Å²) in [4.78, 5) is 24.7. The zero-order chi connectivity index (χ0) is 19.4. The minimum absolute atomic E-state index is 0.00294. The number of benzene rings is 2. The maximum absolute atomic E-state index is 12.5. The van der Waals surface area contributed by atoms with Gasteiger partial charge in [-0.1, -0.05) is 48.0 Å². The van der Waals surface area contributed by atoms with Gasteiger partial charge in [-0.2, -0.15) is 0 Å². The summed E-state index contributed by atoms with van der Waals surface area (Å²) < 4.78 is 0. The van der Waals surface area contributed by atoms with Crippen LogP contribution in [0.1, 0.15) is 37.8 Å². The molecule has 1 atom stereocenters. The van der Waals surface area contributed by atoms with E-state index in [4.69, 9.17) is 11.6 Å². The van der Waals surface area contributed by atoms with Gasteiger partial charge in [-0.05, 0) is 56.4 Å². The number of anilines is 1. The van der Waals surface area contributed by atoms with Crippen LogP contribution in [0.15, 0.2) is 48.5 Å². The number of carbonyl (C=O) groups is 2. The summed E-state index contributed by atoms with van der Waals surface area (Å²) >= 11 is 6.23. The van der Waals surface area contributed by atoms with Crippen LogP contribution < -0.4 is 10.6 Å². The molecule has 3 rings (SSSR count). The van der Waals surface area contributed by atoms with E-state index in [2.05, 4.69) is 10.6 Å². The lowest BCUT2D eigenvalue weighted by Crippen LogP contribution is -2.45. The van der Waals surface area contributed by atoms with Crippen LogP contribution >= 0.6 is 11.6 Å². The molecular formula is C22H25ClN2O2. The Kier molecular flexibility index (Phi) is 5.85. The Morgan fingerprint density at radius 3 is 2.67 bits per heavy atom. The molecule has 2 amide bonds. The molecule has 0 radical (unpaired) electrons. The largest absolute Gasteiger partial charge is 0.351 e. The van der Waals surface area contributed by atoms with Crippen molar-refractivity contribution in [3.05, 3.63) is 64.7 Å². The molecule has 0 bridgehead atoms. The molecule has 1 aliphatic rings. The van der Waals surface area contributed by atoms with Gasteiger partial charge in [0.1, 0.15) is 0 Å². The van der Waals surface area contributed by atoms with Crippen molar-refractivity contribution in [2.75, 3.05) is 5.32 Å². The highest BCUT2D eigenvalue weighted by Gasteiger charge is 2.27. The molecule has 0 aromatic heterocycles. The Labute approximate surface area is 165 Å². The third kappa shape index (κ3) is 5.10. The Hall–Kier alpha value is -2.33. The van der Waals surface area contributed by atoms with E-state index in [0.29, 0.717) is 30.7 Å². The second-order valence-electron chi connectivity index (χ2n) is 7.79. The number of hydrogen-bond donors (Lipinski definition) is 2. The molecule has 1 aliphatic heterocycles. The first-order chi connectivity index (χ1) is 12.8. The average molecular weight is 385 g/mol. The van der Waals surface area contributed by atoms with Crippen LogP contribution in [-0.4, -0.2) is 17.4 Å². The summed E-state index contributed by atoms with van der Waals surface area (Å²) in [5.74, 6) is -0.215. The van der Waals surface area contributed by atoms with Crippen LogP contribution in [-0.2, 0) is 22.4 Å². The van der Waals surface area contributed by atoms with E-state index in [-0.39, 0.29) is 17.7 Å². The van der Waals surface area contributed by atoms with E-state index in [9.17, 15) is 9.59 Å². The number of nitrogens with one attached hydrogen (secondary N) is 2. The lowest BCUT2D eigenvalue weighted by molar-refractivity contribution is -0.123. The molecule has 0 aliphatic carbocycles. The predicted molar refractivity (Wildman–Crippen MR) is 109 cm³/mol. The highest BCUT2D eigenvalue weighted by molar-refractivity contribution is 6.31. The molecule has 5 heteroatoms. The number of hydrogen-bond acceptors (Lipinski definition) is 2. The molecule has 1 heterocycles. The Morgan fingerprint density at radius 2 is 1.89 bits per heavy atom. The van der Waals surface area contributed by atoms with Crippen molar-refractivity contribution in [3.63, 3.8) is 0 Å². The molecule has 1 unspecified atom stereocenters. The second kappa shape index (κ2) is 8.13. The van der Waals surface area contributed by atoms with Gasteiger partial charge in [0.05, 0.1) is 0 Å². The van der Waals surface area contributed by atoms with Crippen LogP contribution in [0.25, 0.3) is 0 Å². The van der Waals surface area contributed by atoms with E-state index in [1.807, 2.05) is 62.4 Å². The van der Waals surface area contributed by atoms with Gasteiger partial charge in [0.2, 0.25) is 11.8 Å². The number of rotatable bonds is 6. The molecule has 4 nitrogen and oxygen atoms in total. The monoisotopic (exact) mass is 384 g/mol. The molecule has 2 aromatic rings. The SMILES string of the molecule is CC(C)(Cc1ccccc1Cl)NC(=O)CCC1Cc2ccccc2NC1=O. The lowest BCUT2D eigenvalue weighted by atomic mass is 9.89. The second-order valence-corrected chi connectivity index (χ2v) is 8.19. The fourth-order valence-corrected chi connectivity index (χ4v) is 3.76. The zero-order valence-corrected chi connectivity index (χ0v) is 16.5. The summed E-state index contributed by atoms with van der Waals surface area (Å²) in [6.07, 6.45) is 2.19. The van der Waals surface area contributed by atoms with Crippen LogP contribution in [0, 0.1) is 5.92 Å². The van der Waals surface area contributed by atoms with E-state index < -0.39 is 5.54 Å². The van der Waals surface area contributed by atoms with E-state index in [1.165, 1.54) is 0 Å². The van der Waals surface area contributed by atoms with Gasteiger partial charge in [-0.15, -0.1) is 0 Å². The lowest BCUT2D eigenvalue weighted by Gasteiger charge is -2.28. The standard InChI is InChI=1S/C22H25ClN2O2/c1-22(2,14-17-8-3-5-9-18(17)23)25-20(26)12-11-16-13-15-7-4-6-10-19(15)24-21(16)27/h3-10,16H,11-14H2,1-2H3,(H,24,27)(H,25,26). The fraction of sp³-hybridized carbons (Fsp3) is 0.364. The van der Waals surface area contributed by atoms with Crippen LogP contribution in [0.2, 0.25) is 5.02 Å². The highest BCUT2D eigenvalue weighted by Crippen LogP contribution is 2.27. The predicted octanol–water partition coefficient (Wildman–Crippen LogP) is 4.37. The zero-order valence-electron chi connectivity index (χ0n) is 15.7. The Morgan fingerprint density at radius 1 is 1.19 bits per heavy atom. The average Bonchev–Trinajstić information content (AvgIpc) is 2.61. The quantitative estimate of drug-likeness (QED) is 0.777. The van der Waals surface area contributed by atoms with Crippen molar-refractivity contribution >= 4 is 29.1 Å². The Balaban J connectivity index is 1.53. The number of carbonyl (C=O) groups excluding carboxylic acids is 2. The number of fused-ring (bicyclic) bond motifs is 1. The van der Waals surface area contributed by atoms with Crippen molar-refractivity contribution in [1.29, 1.82) is 0 Å². The molecule has 142 valence electrons. The van der Waals surface area contributed by atoms with Crippen molar-refractivity contribution in [2.45, 2.75) is 45.1 Å². The van der Waals surface area contributed by atoms with Crippen LogP contribution in [0.3, 0.4) is 0 Å². The van der Waals surface area contributed by atoms with Crippen molar-refractivity contribution < 1.29 is 9.59 Å². The van der Waals surface area contributed by atoms with Crippen molar-refractivity contribution in [3.8, 4) is 0 Å². The number of halogens is 1. The third-order valence-electron chi connectivity index (χ3n) is 4.90. The normalized spacial score (nSPS) is 16.4. The molecule has 0 saturated carbocycles. The van der Waals surface area contributed by atoms with Crippen LogP contribution in [0.4, 0.5) is 5.69 Å². The molecule has 0 fully saturated rings. The van der Waals surface area contributed by atoms with Gasteiger partial charge in [-0.3, -0.25) is 9.59 Å². The van der Waals surface area contributed by atoms with Crippen molar-refractivity contribution in [1.82, 2.24) is 5.32 Å². The summed E-state index contributed by atoms with van der Waals surface area (Å²) in [6, 6.07) is 15.5. The fourth-order valence-electron chi connectivity index (χ4n) is 3.55. The van der Waals surface area contributed by atoms with Gasteiger partial charge in [0.15, 0.2) is 0 Å². The minimum Gasteiger partial charge on any atom is -0.351 e. The van der Waals surface area contributed by atoms with Crippen molar-refractivity contribution in [2.24, 2.45) is 5.92 Å². The maximum Gasteiger partial charge on any atom is 0.227 e. The van der Waals surface area contributed by atoms with Gasteiger partial charge in [0, 0.05) is 28.6 Å². The van der Waals surface area contributed by atoms with Crippen LogP contribution in [0.5, 0.6) is 0 Å². The van der Waals surface area contributed by atoms with E-state index >= 15 is 0 Å². The number of para-hydroxylation sites is 1. The maximum atomic E-state index is 12.5. The van der Waals surface area contributed by atoms with E-state index in [0.717, 1.165) is 16.8 Å². The topological polar surface area (TPSA) is 58.2 Å². The first kappa shape index (κ1) is 19.4. The summed E-state index contributed by atoms with van der Waals surface area (Å²) in [5.41, 5.74) is 2.60. The molecule has 27 heavy (non-hydrogen) atoms. The van der Waals surface area contributed by atoms with Gasteiger partial charge < -0.3 is 10.6 Å². The molecule has 2 aromatic carbocycles. The third-order valence-corrected chi connectivity index (χ3v) is 5.27. The summed E-state index contributed by atoms with van der Waals surface area (Å²) in [7, 11) is 0. The van der Waals surface area contributed by atoms with Gasteiger partial charge in [0.25, 0.3) is 0 Å². The molecule has 0 spiro atoms. The Bertz CT molecular complexity index is 848. The minimum atomic E-state index is -0.413. The highest BCUT2D eigenvalue weighted by atomic mass is 35.5. The first-order valence-corrected chi connectivity index (χ1v) is 9.65. The molecule has 0 saturated heterocycles.